The molecule has 0 spiro atoms. The second-order valence-corrected chi connectivity index (χ2v) is 15.7. The topological polar surface area (TPSA) is 123 Å². The summed E-state index contributed by atoms with van der Waals surface area (Å²) in [7, 11) is 2.45. The van der Waals surface area contributed by atoms with Gasteiger partial charge < -0.3 is 14.4 Å². The maximum atomic E-state index is 14.5. The minimum atomic E-state index is -1.44. The molecule has 1 saturated heterocycles. The van der Waals surface area contributed by atoms with Gasteiger partial charge in [0.25, 0.3) is 5.91 Å². The van der Waals surface area contributed by atoms with Crippen molar-refractivity contribution >= 4 is 72.8 Å². The van der Waals surface area contributed by atoms with Gasteiger partial charge in [0.2, 0.25) is 11.8 Å². The van der Waals surface area contributed by atoms with Crippen LogP contribution >= 0.6 is 32.9 Å². The van der Waals surface area contributed by atoms with Crippen LogP contribution in [0.15, 0.2) is 132 Å². The number of hydrogen-bond acceptors (Lipinski definition) is 11. The first kappa shape index (κ1) is 37.5. The molecule has 5 aromatic rings. The zero-order valence-corrected chi connectivity index (χ0v) is 31.3. The van der Waals surface area contributed by atoms with E-state index in [4.69, 9.17) is 14.5 Å². The van der Waals surface area contributed by atoms with E-state index >= 15 is 0 Å². The molecular weight excluding hydrogens is 731 g/mol. The fraction of sp³-hybridized carbons (Fsp3) is 0.200. The van der Waals surface area contributed by atoms with Crippen LogP contribution in [0.5, 0.6) is 0 Å². The number of amides is 3. The maximum Gasteiger partial charge on any atom is 0.334 e. The van der Waals surface area contributed by atoms with Gasteiger partial charge in [-0.15, -0.1) is 11.3 Å². The largest absolute Gasteiger partial charge is 0.461 e. The van der Waals surface area contributed by atoms with Crippen LogP contribution in [-0.4, -0.2) is 68.5 Å². The summed E-state index contributed by atoms with van der Waals surface area (Å²) in [6, 6.07) is 32.2. The number of aromatic nitrogens is 1. The Kier molecular flexibility index (Phi) is 12.1. The van der Waals surface area contributed by atoms with Gasteiger partial charge in [-0.1, -0.05) is 121 Å². The molecule has 1 aromatic heterocycles. The van der Waals surface area contributed by atoms with E-state index in [9.17, 15) is 24.0 Å². The van der Waals surface area contributed by atoms with E-state index in [0.29, 0.717) is 21.0 Å². The molecule has 3 atom stereocenters. The van der Waals surface area contributed by atoms with E-state index in [0.717, 1.165) is 15.1 Å². The van der Waals surface area contributed by atoms with Gasteiger partial charge in [-0.05, 0) is 45.2 Å². The van der Waals surface area contributed by atoms with Crippen molar-refractivity contribution in [1.29, 1.82) is 0 Å². The molecule has 0 N–H and O–H groups in total. The van der Waals surface area contributed by atoms with Crippen LogP contribution in [0, 0.1) is 0 Å². The predicted molar refractivity (Wildman–Crippen MR) is 206 cm³/mol. The van der Waals surface area contributed by atoms with E-state index < -0.39 is 53.2 Å². The van der Waals surface area contributed by atoms with Crippen molar-refractivity contribution in [2.45, 2.75) is 48.2 Å². The third kappa shape index (κ3) is 8.70. The van der Waals surface area contributed by atoms with Crippen molar-refractivity contribution in [3.8, 4) is 0 Å². The van der Waals surface area contributed by atoms with Crippen molar-refractivity contribution in [3.63, 3.8) is 0 Å². The first-order valence-electron chi connectivity index (χ1n) is 16.6. The van der Waals surface area contributed by atoms with E-state index in [-0.39, 0.29) is 18.6 Å². The van der Waals surface area contributed by atoms with E-state index in [1.165, 1.54) is 51.7 Å². The minimum Gasteiger partial charge on any atom is -0.461 e. The highest BCUT2D eigenvalue weighted by atomic mass is 33.1. The molecule has 0 radical (unpaired) electrons. The standard InChI is InChI=1S/C40H35N3O7S3/c1-25(24-49-27(3)45)34(39(48)50-36(29-17-9-5-10-18-29)30-19-11-6-12-20-30)43-37(47)35(42(26(2)44)33(46)23-28-15-7-4-8-16-28)38(43)52-53-40-41-31-21-13-14-22-32(31)51-40/h4-22,34-36,38H,1,23-24H2,2-3H3. The smallest absolute Gasteiger partial charge is 0.334 e. The summed E-state index contributed by atoms with van der Waals surface area (Å²) < 4.78 is 13.1. The number of carbonyl (C=O) groups is 5. The number of thiazole rings is 1. The Hall–Kier alpha value is -5.24. The number of imide groups is 1. The number of nitrogens with zero attached hydrogens (tertiary/aromatic N) is 3. The Labute approximate surface area is 318 Å². The molecule has 13 heteroatoms. The minimum absolute atomic E-state index is 0.0810. The average Bonchev–Trinajstić information content (AvgIpc) is 3.59. The summed E-state index contributed by atoms with van der Waals surface area (Å²) in [6.07, 6.45) is -0.974. The molecule has 1 fully saturated rings. The zero-order valence-electron chi connectivity index (χ0n) is 28.8. The highest BCUT2D eigenvalue weighted by molar-refractivity contribution is 8.77. The third-order valence-electron chi connectivity index (χ3n) is 8.42. The summed E-state index contributed by atoms with van der Waals surface area (Å²) >= 11 is 1.45. The summed E-state index contributed by atoms with van der Waals surface area (Å²) in [5.74, 6) is -3.28. The zero-order chi connectivity index (χ0) is 37.5. The number of esters is 2. The van der Waals surface area contributed by atoms with Gasteiger partial charge in [-0.3, -0.25) is 24.1 Å². The number of hydrogen-bond donors (Lipinski definition) is 0. The van der Waals surface area contributed by atoms with Crippen molar-refractivity contribution in [1.82, 2.24) is 14.8 Å². The van der Waals surface area contributed by atoms with Crippen molar-refractivity contribution < 1.29 is 33.4 Å². The Balaban J connectivity index is 1.37. The van der Waals surface area contributed by atoms with E-state index in [2.05, 4.69) is 6.58 Å². The Bertz CT molecular complexity index is 2060. The quantitative estimate of drug-likeness (QED) is 0.0505. The lowest BCUT2D eigenvalue weighted by atomic mass is 9.96. The molecule has 6 rings (SSSR count). The van der Waals surface area contributed by atoms with Crippen molar-refractivity contribution in [2.75, 3.05) is 6.61 Å². The second-order valence-electron chi connectivity index (χ2n) is 12.1. The lowest BCUT2D eigenvalue weighted by Gasteiger charge is -2.52. The highest BCUT2D eigenvalue weighted by Crippen LogP contribution is 2.47. The number of ether oxygens (including phenoxy) is 2. The van der Waals surface area contributed by atoms with Gasteiger partial charge in [-0.25, -0.2) is 9.78 Å². The van der Waals surface area contributed by atoms with Gasteiger partial charge in [0.05, 0.1) is 16.6 Å². The molecule has 10 nitrogen and oxygen atoms in total. The van der Waals surface area contributed by atoms with E-state index in [1.807, 2.05) is 91.0 Å². The highest BCUT2D eigenvalue weighted by Gasteiger charge is 2.58. The first-order chi connectivity index (χ1) is 25.6. The van der Waals surface area contributed by atoms with Crippen LogP contribution in [-0.2, 0) is 39.9 Å². The fourth-order valence-corrected chi connectivity index (χ4v) is 9.94. The summed E-state index contributed by atoms with van der Waals surface area (Å²) in [6.45, 7) is 6.15. The molecule has 0 saturated carbocycles. The van der Waals surface area contributed by atoms with Crippen molar-refractivity contribution in [3.05, 3.63) is 144 Å². The average molecular weight is 766 g/mol. The Morgan fingerprint density at radius 1 is 0.868 bits per heavy atom. The van der Waals surface area contributed by atoms with Gasteiger partial charge in [0.1, 0.15) is 18.0 Å². The maximum absolute atomic E-state index is 14.5. The third-order valence-corrected chi connectivity index (χ3v) is 12.4. The number of likely N-dealkylation sites (tertiary alicyclic amines) is 1. The monoisotopic (exact) mass is 765 g/mol. The number of fused-ring (bicyclic) bond motifs is 1. The fourth-order valence-electron chi connectivity index (χ4n) is 5.96. The molecule has 2 heterocycles. The number of carbonyl (C=O) groups excluding carboxylic acids is 5. The van der Waals surface area contributed by atoms with Crippen molar-refractivity contribution in [2.24, 2.45) is 0 Å². The van der Waals surface area contributed by atoms with Gasteiger partial charge in [0.15, 0.2) is 16.5 Å². The number of para-hydroxylation sites is 1. The van der Waals surface area contributed by atoms with Crippen LogP contribution in [0.2, 0.25) is 0 Å². The van der Waals surface area contributed by atoms with Crippen LogP contribution in [0.4, 0.5) is 0 Å². The Morgan fingerprint density at radius 3 is 2.04 bits per heavy atom. The van der Waals surface area contributed by atoms with Crippen LogP contribution in [0.25, 0.3) is 10.2 Å². The summed E-state index contributed by atoms with van der Waals surface area (Å²) in [5, 5.41) is -0.943. The molecule has 0 bridgehead atoms. The molecule has 4 aromatic carbocycles. The van der Waals surface area contributed by atoms with Gasteiger partial charge in [0, 0.05) is 13.8 Å². The summed E-state index contributed by atoms with van der Waals surface area (Å²) in [5.41, 5.74) is 2.93. The molecule has 3 unspecified atom stereocenters. The van der Waals surface area contributed by atoms with Crippen LogP contribution < -0.4 is 0 Å². The number of β-lactam (4-membered cyclic amide) rings is 1. The normalized spacial score (nSPS) is 15.8. The molecule has 53 heavy (non-hydrogen) atoms. The molecule has 270 valence electrons. The first-order valence-corrected chi connectivity index (χ1v) is 19.6. The number of benzene rings is 4. The van der Waals surface area contributed by atoms with Crippen LogP contribution in [0.3, 0.4) is 0 Å². The molecule has 3 amide bonds. The summed E-state index contributed by atoms with van der Waals surface area (Å²) in [4.78, 5) is 74.8. The molecule has 0 aliphatic carbocycles. The lowest BCUT2D eigenvalue weighted by Crippen LogP contribution is -2.74. The van der Waals surface area contributed by atoms with Gasteiger partial charge in [-0.2, -0.15) is 0 Å². The molecule has 1 aliphatic heterocycles. The Morgan fingerprint density at radius 2 is 1.45 bits per heavy atom. The lowest BCUT2D eigenvalue weighted by molar-refractivity contribution is -0.174. The predicted octanol–water partition coefficient (Wildman–Crippen LogP) is 7.01. The molecule has 1 aliphatic rings. The van der Waals surface area contributed by atoms with Gasteiger partial charge >= 0.3 is 11.9 Å². The van der Waals surface area contributed by atoms with Crippen LogP contribution in [0.1, 0.15) is 36.6 Å². The molecular formula is C40H35N3O7S3. The SMILES string of the molecule is C=C(COC(C)=O)C(C(=O)OC(c1ccccc1)c1ccccc1)N1C(=O)C(N(C(C)=O)C(=O)Cc2ccccc2)C1SSc1nc2ccccc2s1. The number of rotatable bonds is 14. The van der Waals surface area contributed by atoms with E-state index in [1.54, 1.807) is 24.3 Å². The second kappa shape index (κ2) is 17.1.